The van der Waals surface area contributed by atoms with Crippen molar-refractivity contribution in [1.29, 1.82) is 0 Å². The molecule has 0 heterocycles. The van der Waals surface area contributed by atoms with Gasteiger partial charge in [-0.1, -0.05) is 188 Å². The van der Waals surface area contributed by atoms with Crippen LogP contribution in [0.25, 0.3) is 0 Å². The number of aliphatic carboxylic acids is 1. The fourth-order valence-electron chi connectivity index (χ4n) is 5.21. The van der Waals surface area contributed by atoms with Crippen LogP contribution in [0.15, 0.2) is 0 Å². The number of unbranched alkanes of at least 4 members (excludes halogenated alkanes) is 26. The van der Waals surface area contributed by atoms with Crippen LogP contribution >= 0.6 is 0 Å². The van der Waals surface area contributed by atoms with Gasteiger partial charge >= 0.3 is 5.97 Å². The molecule has 0 aromatic rings. The zero-order chi connectivity index (χ0) is 29.1. The fourth-order valence-corrected chi connectivity index (χ4v) is 5.21. The summed E-state index contributed by atoms with van der Waals surface area (Å²) in [6.45, 7) is 9.28. The van der Waals surface area contributed by atoms with Crippen LogP contribution in [0, 0.1) is 0 Å². The number of rotatable bonds is 31. The molecule has 0 aliphatic rings. The number of carboxylic acid groups (broad SMARTS) is 1. The Morgan fingerprint density at radius 2 is 0.692 bits per heavy atom. The van der Waals surface area contributed by atoms with E-state index in [2.05, 4.69) is 32.7 Å². The maximum atomic E-state index is 10.3. The highest BCUT2D eigenvalue weighted by Crippen LogP contribution is 2.14. The van der Waals surface area contributed by atoms with E-state index in [0.717, 1.165) is 12.8 Å². The normalized spacial score (nSPS) is 11.1. The van der Waals surface area contributed by atoms with Crippen LogP contribution in [0.2, 0.25) is 0 Å². The molecule has 0 fully saturated rings. The Bertz CT molecular complexity index is 440. The highest BCUT2D eigenvalue weighted by atomic mass is 16.4. The lowest BCUT2D eigenvalue weighted by Gasteiger charge is -2.12. The van der Waals surface area contributed by atoms with Gasteiger partial charge in [0.1, 0.15) is 0 Å². The van der Waals surface area contributed by atoms with E-state index in [1.54, 1.807) is 0 Å². The largest absolute Gasteiger partial charge is 0.481 e. The van der Waals surface area contributed by atoms with E-state index in [9.17, 15) is 4.79 Å². The number of carbonyl (C=O) groups is 1. The first-order valence-corrected chi connectivity index (χ1v) is 18.0. The quantitative estimate of drug-likeness (QED) is 0.0868. The standard InChI is InChI=1S/C18H39N.C18H36O2/c1-4-6-7-8-9-10-11-12-13-14-15-16-17-18-19(3)5-2;1-2-3-4-5-6-7-8-9-10-11-12-13-14-15-16-17-18(19)20/h4-18H2,1-3H3;2-17H2,1H3,(H,19,20). The number of nitrogens with zero attached hydrogens (tertiary/aromatic N) is 1. The molecule has 0 saturated heterocycles. The van der Waals surface area contributed by atoms with Crippen molar-refractivity contribution in [3.05, 3.63) is 0 Å². The van der Waals surface area contributed by atoms with Crippen LogP contribution in [0.3, 0.4) is 0 Å². The first kappa shape index (κ1) is 40.6. The van der Waals surface area contributed by atoms with Crippen LogP contribution in [0.1, 0.15) is 207 Å². The average Bonchev–Trinajstić information content (AvgIpc) is 2.93. The summed E-state index contributed by atoms with van der Waals surface area (Å²) < 4.78 is 0. The maximum Gasteiger partial charge on any atom is 0.303 e. The molecule has 0 saturated carbocycles. The minimum Gasteiger partial charge on any atom is -0.481 e. The van der Waals surface area contributed by atoms with Gasteiger partial charge in [0.05, 0.1) is 0 Å². The van der Waals surface area contributed by atoms with Gasteiger partial charge in [-0.3, -0.25) is 4.79 Å². The van der Waals surface area contributed by atoms with Crippen LogP contribution in [0.5, 0.6) is 0 Å². The van der Waals surface area contributed by atoms with Crippen molar-refractivity contribution < 1.29 is 9.90 Å². The number of hydrogen-bond acceptors (Lipinski definition) is 2. The van der Waals surface area contributed by atoms with E-state index in [0.29, 0.717) is 6.42 Å². The first-order valence-electron chi connectivity index (χ1n) is 18.0. The predicted octanol–water partition coefficient (Wildman–Crippen LogP) is 12.4. The molecule has 0 aliphatic carbocycles. The molecular weight excluding hydrogens is 478 g/mol. The summed E-state index contributed by atoms with van der Waals surface area (Å²) in [5.41, 5.74) is 0. The molecule has 0 spiro atoms. The van der Waals surface area contributed by atoms with Crippen molar-refractivity contribution >= 4 is 5.97 Å². The Kier molecular flexibility index (Phi) is 38.9. The van der Waals surface area contributed by atoms with Gasteiger partial charge < -0.3 is 10.0 Å². The molecule has 0 radical (unpaired) electrons. The summed E-state index contributed by atoms with van der Waals surface area (Å²) >= 11 is 0. The van der Waals surface area contributed by atoms with E-state index in [-0.39, 0.29) is 0 Å². The second-order valence-corrected chi connectivity index (χ2v) is 12.2. The molecule has 0 rings (SSSR count). The van der Waals surface area contributed by atoms with Crippen LogP contribution in [-0.4, -0.2) is 36.1 Å². The molecule has 0 aromatic carbocycles. The van der Waals surface area contributed by atoms with E-state index in [1.165, 1.54) is 180 Å². The zero-order valence-corrected chi connectivity index (χ0v) is 27.7. The van der Waals surface area contributed by atoms with Crippen molar-refractivity contribution in [3.8, 4) is 0 Å². The van der Waals surface area contributed by atoms with Gasteiger partial charge in [-0.25, -0.2) is 0 Å². The van der Waals surface area contributed by atoms with Gasteiger partial charge in [0.15, 0.2) is 0 Å². The molecule has 0 unspecified atom stereocenters. The van der Waals surface area contributed by atoms with Crippen LogP contribution < -0.4 is 0 Å². The van der Waals surface area contributed by atoms with Gasteiger partial charge in [-0.15, -0.1) is 0 Å². The first-order chi connectivity index (χ1) is 19.1. The summed E-state index contributed by atoms with van der Waals surface area (Å²) in [5, 5.41) is 8.52. The summed E-state index contributed by atoms with van der Waals surface area (Å²) in [7, 11) is 2.22. The minimum atomic E-state index is -0.653. The van der Waals surface area contributed by atoms with Gasteiger partial charge in [0, 0.05) is 6.42 Å². The van der Waals surface area contributed by atoms with Crippen molar-refractivity contribution in [2.45, 2.75) is 207 Å². The maximum absolute atomic E-state index is 10.3. The monoisotopic (exact) mass is 554 g/mol. The van der Waals surface area contributed by atoms with Crippen molar-refractivity contribution in [2.75, 3.05) is 20.1 Å². The van der Waals surface area contributed by atoms with Gasteiger partial charge in [-0.05, 0) is 33.0 Å². The Labute approximate surface area is 247 Å². The third kappa shape index (κ3) is 42.0. The van der Waals surface area contributed by atoms with E-state index < -0.39 is 5.97 Å². The highest BCUT2D eigenvalue weighted by Gasteiger charge is 1.98. The lowest BCUT2D eigenvalue weighted by molar-refractivity contribution is -0.137. The average molecular weight is 554 g/mol. The Morgan fingerprint density at radius 3 is 0.949 bits per heavy atom. The topological polar surface area (TPSA) is 40.5 Å². The second kappa shape index (κ2) is 37.4. The van der Waals surface area contributed by atoms with E-state index in [4.69, 9.17) is 5.11 Å². The fraction of sp³-hybridized carbons (Fsp3) is 0.972. The molecule has 3 heteroatoms. The molecule has 0 bridgehead atoms. The Morgan fingerprint density at radius 1 is 0.436 bits per heavy atom. The Balaban J connectivity index is 0. The van der Waals surface area contributed by atoms with E-state index >= 15 is 0 Å². The third-order valence-electron chi connectivity index (χ3n) is 8.18. The smallest absolute Gasteiger partial charge is 0.303 e. The molecule has 39 heavy (non-hydrogen) atoms. The van der Waals surface area contributed by atoms with Gasteiger partial charge in [0.25, 0.3) is 0 Å². The SMILES string of the molecule is CCCCCCCCCCCCCCCCCC(=O)O.CCCCCCCCCCCCCCCN(C)CC. The van der Waals surface area contributed by atoms with E-state index in [1.807, 2.05) is 0 Å². The summed E-state index contributed by atoms with van der Waals surface area (Å²) in [4.78, 5) is 12.7. The van der Waals surface area contributed by atoms with Gasteiger partial charge in [0.2, 0.25) is 0 Å². The third-order valence-corrected chi connectivity index (χ3v) is 8.18. The summed E-state index contributed by atoms with van der Waals surface area (Å²) in [6, 6.07) is 0. The molecule has 0 aliphatic heterocycles. The van der Waals surface area contributed by atoms with Crippen molar-refractivity contribution in [2.24, 2.45) is 0 Å². The predicted molar refractivity (Wildman–Crippen MR) is 176 cm³/mol. The summed E-state index contributed by atoms with van der Waals surface area (Å²) in [5.74, 6) is -0.653. The molecule has 3 nitrogen and oxygen atoms in total. The molecule has 0 atom stereocenters. The molecule has 236 valence electrons. The zero-order valence-electron chi connectivity index (χ0n) is 27.7. The molecule has 0 amide bonds. The Hall–Kier alpha value is -0.570. The van der Waals surface area contributed by atoms with Crippen molar-refractivity contribution in [1.82, 2.24) is 4.90 Å². The second-order valence-electron chi connectivity index (χ2n) is 12.2. The minimum absolute atomic E-state index is 0.345. The number of carboxylic acids is 1. The summed E-state index contributed by atoms with van der Waals surface area (Å²) in [6.07, 6.45) is 39.1. The lowest BCUT2D eigenvalue weighted by atomic mass is 10.0. The van der Waals surface area contributed by atoms with Crippen LogP contribution in [0.4, 0.5) is 0 Å². The van der Waals surface area contributed by atoms with Crippen molar-refractivity contribution in [3.63, 3.8) is 0 Å². The molecular formula is C36H75NO2. The number of hydrogen-bond donors (Lipinski definition) is 1. The van der Waals surface area contributed by atoms with Crippen LogP contribution in [-0.2, 0) is 4.79 Å². The van der Waals surface area contributed by atoms with Gasteiger partial charge in [-0.2, -0.15) is 0 Å². The molecule has 0 aromatic heterocycles. The lowest BCUT2D eigenvalue weighted by Crippen LogP contribution is -2.18. The highest BCUT2D eigenvalue weighted by molar-refractivity contribution is 5.66. The molecule has 1 N–H and O–H groups in total.